The molecule has 0 spiro atoms. The summed E-state index contributed by atoms with van der Waals surface area (Å²) in [5.74, 6) is -186. The number of alkyl halides is 41. The molecule has 0 radical (unpaired) electrons. The molecule has 0 aromatic rings. The molecular formula is C24H5F41O2. The number of hydrogen-bond donors (Lipinski definition) is 0. The molecule has 2 nitrogen and oxygen atoms in total. The van der Waals surface area contributed by atoms with Crippen molar-refractivity contribution in [3.8, 4) is 0 Å². The number of ether oxygens (including phenoxy) is 1. The monoisotopic (exact) mass is 1100 g/mol. The van der Waals surface area contributed by atoms with Crippen molar-refractivity contribution in [3.05, 3.63) is 12.2 Å². The lowest BCUT2D eigenvalue weighted by Gasteiger charge is -2.47. The van der Waals surface area contributed by atoms with E-state index in [0.29, 0.717) is 0 Å². The van der Waals surface area contributed by atoms with Gasteiger partial charge in [0, 0.05) is 5.57 Å². The highest BCUT2D eigenvalue weighted by Gasteiger charge is 3.03. The van der Waals surface area contributed by atoms with Crippen LogP contribution in [0, 0.1) is 0 Å². The first-order valence-corrected chi connectivity index (χ1v) is 14.2. The van der Waals surface area contributed by atoms with Crippen LogP contribution in [0.2, 0.25) is 0 Å². The number of rotatable bonds is 20. The van der Waals surface area contributed by atoms with Crippen molar-refractivity contribution in [1.29, 1.82) is 0 Å². The fourth-order valence-electron chi connectivity index (χ4n) is 3.78. The van der Waals surface area contributed by atoms with Gasteiger partial charge in [-0.1, -0.05) is 6.58 Å². The van der Waals surface area contributed by atoms with Crippen LogP contribution in [0.15, 0.2) is 12.2 Å². The standard InChI is InChI=1S/C24H5F41O2/c1-3(2)4(66)67-24(64,65)22(59,60)20(55,56)18(51,52)16(47,48)14(43,44)12(39,40)10(35,36)8(31,32)6(27,28)5(25,26)7(29,30)9(33,34)11(37,38)13(41,42)15(45,46)17(49,50)19(53,54)21(57,58)23(61,62)63/h1H2,2H3. The molecule has 0 aromatic carbocycles. The molecule has 0 heterocycles. The summed E-state index contributed by atoms with van der Waals surface area (Å²) in [6.07, 6.45) is -16.5. The van der Waals surface area contributed by atoms with Crippen LogP contribution in [-0.2, 0) is 9.53 Å². The van der Waals surface area contributed by atoms with E-state index in [1.165, 1.54) is 0 Å². The summed E-state index contributed by atoms with van der Waals surface area (Å²) in [7, 11) is 0. The van der Waals surface area contributed by atoms with E-state index in [1.807, 2.05) is 0 Å². The van der Waals surface area contributed by atoms with Crippen LogP contribution >= 0.6 is 0 Å². The van der Waals surface area contributed by atoms with Crippen LogP contribution in [0.1, 0.15) is 6.92 Å². The van der Waals surface area contributed by atoms with Gasteiger partial charge in [0.1, 0.15) is 0 Å². The third kappa shape index (κ3) is 7.30. The van der Waals surface area contributed by atoms with Crippen molar-refractivity contribution >= 4 is 5.97 Å². The van der Waals surface area contributed by atoms with Gasteiger partial charge in [0.2, 0.25) is 0 Å². The van der Waals surface area contributed by atoms with Crippen molar-refractivity contribution in [2.24, 2.45) is 0 Å². The Morgan fingerprint density at radius 1 is 0.254 bits per heavy atom. The molecule has 0 aromatic heterocycles. The van der Waals surface area contributed by atoms with Gasteiger partial charge in [0.05, 0.1) is 0 Å². The van der Waals surface area contributed by atoms with Crippen molar-refractivity contribution in [1.82, 2.24) is 0 Å². The molecule has 0 bridgehead atoms. The normalized spacial score (nSPS) is 16.9. The van der Waals surface area contributed by atoms with Gasteiger partial charge in [0.15, 0.2) is 0 Å². The zero-order valence-corrected chi connectivity index (χ0v) is 29.0. The summed E-state index contributed by atoms with van der Waals surface area (Å²) in [5, 5.41) is 0. The van der Waals surface area contributed by atoms with E-state index in [2.05, 4.69) is 11.3 Å². The highest BCUT2D eigenvalue weighted by Crippen LogP contribution is 2.71. The maximum absolute atomic E-state index is 14.1. The topological polar surface area (TPSA) is 26.3 Å². The summed E-state index contributed by atoms with van der Waals surface area (Å²) < 4.78 is 563. The molecule has 43 heteroatoms. The average molecular weight is 1100 g/mol. The number of esters is 1. The van der Waals surface area contributed by atoms with E-state index in [0.717, 1.165) is 0 Å². The molecule has 0 unspecified atom stereocenters. The first-order chi connectivity index (χ1) is 28.1. The Kier molecular flexibility index (Phi) is 14.6. The lowest BCUT2D eigenvalue weighted by molar-refractivity contribution is -0.497. The van der Waals surface area contributed by atoms with E-state index >= 15 is 0 Å². The fourth-order valence-corrected chi connectivity index (χ4v) is 3.78. The molecule has 0 rings (SSSR count). The van der Waals surface area contributed by atoms with Crippen LogP contribution in [0.25, 0.3) is 0 Å². The Bertz CT molecular complexity index is 1860. The summed E-state index contributed by atoms with van der Waals surface area (Å²) in [6.45, 7) is 2.22. The third-order valence-electron chi connectivity index (χ3n) is 7.99. The number of carbonyl (C=O) groups is 1. The van der Waals surface area contributed by atoms with Gasteiger partial charge in [-0.25, -0.2) is 4.79 Å². The van der Waals surface area contributed by atoms with E-state index in [-0.39, 0.29) is 6.92 Å². The minimum atomic E-state index is -10.7. The van der Waals surface area contributed by atoms with Crippen molar-refractivity contribution in [3.63, 3.8) is 0 Å². The first-order valence-electron chi connectivity index (χ1n) is 14.2. The SMILES string of the molecule is C=C(C)C(=O)OC(F)(F)C(F)(F)C(F)(F)C(F)(F)C(F)(F)C(F)(F)C(F)(F)C(F)(F)C(F)(F)C(F)(F)C(F)(F)C(F)(F)C(F)(F)C(F)(F)C(F)(F)C(F)(F)C(F)(F)C(F)(F)C(F)(F)C(F)(F)F. The molecule has 0 N–H and O–H groups in total. The molecule has 0 amide bonds. The van der Waals surface area contributed by atoms with E-state index in [9.17, 15) is 185 Å². The summed E-state index contributed by atoms with van der Waals surface area (Å²) >= 11 is 0. The van der Waals surface area contributed by atoms with Gasteiger partial charge in [-0.15, -0.1) is 0 Å². The lowest BCUT2D eigenvalue weighted by atomic mass is 9.82. The van der Waals surface area contributed by atoms with Gasteiger partial charge < -0.3 is 4.74 Å². The second kappa shape index (κ2) is 15.4. The van der Waals surface area contributed by atoms with Gasteiger partial charge in [-0.05, 0) is 6.92 Å². The second-order valence-corrected chi connectivity index (χ2v) is 12.5. The molecule has 67 heavy (non-hydrogen) atoms. The maximum Gasteiger partial charge on any atom is 0.473 e. The minimum absolute atomic E-state index is 0.0234. The largest absolute Gasteiger partial charge is 0.473 e. The molecule has 0 aliphatic heterocycles. The quantitative estimate of drug-likeness (QED) is 0.0690. The molecule has 0 aliphatic carbocycles. The van der Waals surface area contributed by atoms with Crippen molar-refractivity contribution < 1.29 is 190 Å². The van der Waals surface area contributed by atoms with Crippen molar-refractivity contribution in [2.45, 2.75) is 126 Å². The fraction of sp³-hybridized carbons (Fsp3) is 0.875. The summed E-state index contributed by atoms with van der Waals surface area (Å²) in [6, 6.07) is 0. The number of carbonyl (C=O) groups excluding carboxylic acids is 1. The lowest BCUT2D eigenvalue weighted by Crippen LogP contribution is -2.80. The van der Waals surface area contributed by atoms with Crippen LogP contribution in [0.3, 0.4) is 0 Å². The predicted molar refractivity (Wildman–Crippen MR) is 121 cm³/mol. The highest BCUT2D eigenvalue weighted by atomic mass is 19.4. The highest BCUT2D eigenvalue weighted by molar-refractivity contribution is 5.87. The van der Waals surface area contributed by atoms with Crippen LogP contribution in [0.4, 0.5) is 180 Å². The van der Waals surface area contributed by atoms with E-state index in [1.54, 1.807) is 0 Å². The zero-order chi connectivity index (χ0) is 55.9. The first kappa shape index (κ1) is 63.3. The van der Waals surface area contributed by atoms with Crippen LogP contribution < -0.4 is 0 Å². The predicted octanol–water partition coefficient (Wildman–Crippen LogP) is 13.7. The Hall–Kier alpha value is -3.66. The van der Waals surface area contributed by atoms with Gasteiger partial charge in [-0.3, -0.25) is 0 Å². The number of halogens is 41. The molecule has 0 fully saturated rings. The Morgan fingerprint density at radius 2 is 0.373 bits per heavy atom. The second-order valence-electron chi connectivity index (χ2n) is 12.5. The molecular weight excluding hydrogens is 1100 g/mol. The zero-order valence-electron chi connectivity index (χ0n) is 29.0. The summed E-state index contributed by atoms with van der Waals surface area (Å²) in [4.78, 5) is 10.9. The Balaban J connectivity index is 8.00. The number of hydrogen-bond acceptors (Lipinski definition) is 2. The van der Waals surface area contributed by atoms with E-state index < -0.39 is 130 Å². The molecule has 400 valence electrons. The summed E-state index contributed by atoms with van der Waals surface area (Å²) in [5.41, 5.74) is -1.74. The molecule has 0 saturated heterocycles. The van der Waals surface area contributed by atoms with Crippen LogP contribution in [0.5, 0.6) is 0 Å². The minimum Gasteiger partial charge on any atom is -0.393 e. The van der Waals surface area contributed by atoms with Crippen molar-refractivity contribution in [2.75, 3.05) is 0 Å². The van der Waals surface area contributed by atoms with Gasteiger partial charge in [0.25, 0.3) is 0 Å². The Labute approximate surface area is 335 Å². The molecule has 0 aliphatic rings. The molecule has 0 atom stereocenters. The molecule has 0 saturated carbocycles. The Morgan fingerprint density at radius 3 is 0.493 bits per heavy atom. The average Bonchev–Trinajstić information content (AvgIpc) is 3.09. The third-order valence-corrected chi connectivity index (χ3v) is 7.99. The van der Waals surface area contributed by atoms with E-state index in [4.69, 9.17) is 0 Å². The van der Waals surface area contributed by atoms with Gasteiger partial charge in [-0.2, -0.15) is 180 Å². The van der Waals surface area contributed by atoms with Gasteiger partial charge >= 0.3 is 125 Å². The smallest absolute Gasteiger partial charge is 0.393 e. The maximum atomic E-state index is 14.1. The van der Waals surface area contributed by atoms with Crippen LogP contribution in [-0.4, -0.2) is 125 Å².